The van der Waals surface area contributed by atoms with Crippen LogP contribution in [0.2, 0.25) is 10.0 Å². The molecule has 1 N–H and O–H groups in total. The molecule has 2 heterocycles. The zero-order chi connectivity index (χ0) is 19.0. The van der Waals surface area contributed by atoms with Crippen LogP contribution < -0.4 is 4.90 Å². The quantitative estimate of drug-likeness (QED) is 0.473. The molecule has 142 valence electrons. The second-order valence-corrected chi connectivity index (χ2v) is 9.02. The lowest BCUT2D eigenvalue weighted by molar-refractivity contribution is 0.541. The minimum Gasteiger partial charge on any atom is -0.351 e. The Kier molecular flexibility index (Phi) is 5.44. The van der Waals surface area contributed by atoms with E-state index in [9.17, 15) is 0 Å². The van der Waals surface area contributed by atoms with Crippen LogP contribution in [0.3, 0.4) is 0 Å². The number of hydrogen-bond donors (Lipinski definition) is 1. The molecule has 0 amide bonds. The van der Waals surface area contributed by atoms with E-state index in [0.717, 1.165) is 39.9 Å². The number of aryl methyl sites for hydroxylation is 1. The maximum atomic E-state index is 6.44. The Hall–Kier alpha value is -1.56. The molecule has 27 heavy (non-hydrogen) atoms. The fourth-order valence-electron chi connectivity index (χ4n) is 3.53. The largest absolute Gasteiger partial charge is 0.351 e. The van der Waals surface area contributed by atoms with Crippen molar-refractivity contribution in [2.45, 2.75) is 39.2 Å². The highest BCUT2D eigenvalue weighted by atomic mass is 35.5. The Morgan fingerprint density at radius 3 is 2.78 bits per heavy atom. The van der Waals surface area contributed by atoms with Gasteiger partial charge in [0.15, 0.2) is 5.13 Å². The SMILES string of the molecule is CCCN(c1nc(-c2ccc(Cl)cc2Cl)c(C)s1)C(c1c[nH]cn1)C1CC1. The van der Waals surface area contributed by atoms with Gasteiger partial charge in [-0.2, -0.15) is 0 Å². The van der Waals surface area contributed by atoms with Gasteiger partial charge in [-0.15, -0.1) is 11.3 Å². The molecule has 0 bridgehead atoms. The third-order valence-corrected chi connectivity index (χ3v) is 6.46. The number of rotatable bonds is 7. The van der Waals surface area contributed by atoms with Crippen molar-refractivity contribution < 1.29 is 0 Å². The molecule has 4 rings (SSSR count). The molecule has 0 radical (unpaired) electrons. The normalized spacial score (nSPS) is 15.1. The first-order valence-electron chi connectivity index (χ1n) is 9.26. The zero-order valence-electron chi connectivity index (χ0n) is 15.4. The molecule has 1 atom stereocenters. The fourth-order valence-corrected chi connectivity index (χ4v) is 5.02. The minimum atomic E-state index is 0.273. The Bertz CT molecular complexity index is 918. The van der Waals surface area contributed by atoms with E-state index in [-0.39, 0.29) is 6.04 Å². The predicted molar refractivity (Wildman–Crippen MR) is 114 cm³/mol. The topological polar surface area (TPSA) is 44.8 Å². The van der Waals surface area contributed by atoms with E-state index in [0.29, 0.717) is 16.0 Å². The number of H-pyrrole nitrogens is 1. The van der Waals surface area contributed by atoms with Gasteiger partial charge in [0.2, 0.25) is 0 Å². The molecule has 4 nitrogen and oxygen atoms in total. The summed E-state index contributed by atoms with van der Waals surface area (Å²) in [6, 6.07) is 5.86. The van der Waals surface area contributed by atoms with Crippen LogP contribution in [0.5, 0.6) is 0 Å². The van der Waals surface area contributed by atoms with Crippen LogP contribution in [0.25, 0.3) is 11.3 Å². The van der Waals surface area contributed by atoms with Crippen LogP contribution in [0.1, 0.15) is 42.8 Å². The molecule has 3 aromatic rings. The number of aromatic nitrogens is 3. The lowest BCUT2D eigenvalue weighted by atomic mass is 10.1. The second-order valence-electron chi connectivity index (χ2n) is 7.00. The van der Waals surface area contributed by atoms with Crippen molar-refractivity contribution in [1.82, 2.24) is 15.0 Å². The Morgan fingerprint density at radius 2 is 2.15 bits per heavy atom. The summed E-state index contributed by atoms with van der Waals surface area (Å²) in [4.78, 5) is 16.3. The van der Waals surface area contributed by atoms with Crippen molar-refractivity contribution in [3.05, 3.63) is 51.3 Å². The van der Waals surface area contributed by atoms with E-state index in [1.165, 1.54) is 12.8 Å². The number of benzene rings is 1. The van der Waals surface area contributed by atoms with Crippen molar-refractivity contribution in [2.24, 2.45) is 5.92 Å². The zero-order valence-corrected chi connectivity index (χ0v) is 17.7. The van der Waals surface area contributed by atoms with Crippen molar-refractivity contribution in [3.8, 4) is 11.3 Å². The first kappa shape index (κ1) is 18.8. The van der Waals surface area contributed by atoms with Crippen LogP contribution in [-0.4, -0.2) is 21.5 Å². The van der Waals surface area contributed by atoms with Gasteiger partial charge in [-0.05, 0) is 50.3 Å². The molecule has 1 aliphatic carbocycles. The van der Waals surface area contributed by atoms with Gasteiger partial charge in [-0.3, -0.25) is 0 Å². The van der Waals surface area contributed by atoms with E-state index in [1.54, 1.807) is 23.7 Å². The number of nitrogens with one attached hydrogen (secondary N) is 1. The van der Waals surface area contributed by atoms with Crippen molar-refractivity contribution in [3.63, 3.8) is 0 Å². The molecular formula is C20H22Cl2N4S. The molecule has 0 saturated heterocycles. The van der Waals surface area contributed by atoms with Crippen LogP contribution in [0.4, 0.5) is 5.13 Å². The molecule has 1 saturated carbocycles. The van der Waals surface area contributed by atoms with Crippen molar-refractivity contribution in [1.29, 1.82) is 0 Å². The van der Waals surface area contributed by atoms with Crippen LogP contribution in [0.15, 0.2) is 30.7 Å². The molecule has 0 spiro atoms. The first-order chi connectivity index (χ1) is 13.1. The lowest BCUT2D eigenvalue weighted by Gasteiger charge is -2.30. The smallest absolute Gasteiger partial charge is 0.186 e. The molecule has 1 fully saturated rings. The summed E-state index contributed by atoms with van der Waals surface area (Å²) in [5, 5.41) is 2.31. The number of anilines is 1. The predicted octanol–water partition coefficient (Wildman–Crippen LogP) is 6.52. The average molecular weight is 421 g/mol. The van der Waals surface area contributed by atoms with Crippen LogP contribution >= 0.6 is 34.5 Å². The van der Waals surface area contributed by atoms with E-state index in [1.807, 2.05) is 18.3 Å². The number of nitrogens with zero attached hydrogens (tertiary/aromatic N) is 3. The minimum absolute atomic E-state index is 0.273. The first-order valence-corrected chi connectivity index (χ1v) is 10.8. The van der Waals surface area contributed by atoms with Crippen LogP contribution in [-0.2, 0) is 0 Å². The molecular weight excluding hydrogens is 399 g/mol. The third-order valence-electron chi connectivity index (χ3n) is 4.91. The summed E-state index contributed by atoms with van der Waals surface area (Å²) in [7, 11) is 0. The van der Waals surface area contributed by atoms with Crippen molar-refractivity contribution >= 4 is 39.7 Å². The Morgan fingerprint density at radius 1 is 1.33 bits per heavy atom. The average Bonchev–Trinajstić information content (AvgIpc) is 3.17. The third kappa shape index (κ3) is 3.86. The standard InChI is InChI=1S/C20H22Cl2N4S/c1-3-8-26(19(13-4-5-13)17-10-23-11-24-17)20-25-18(12(2)27-20)15-7-6-14(21)9-16(15)22/h6-7,9-11,13,19H,3-5,8H2,1-2H3,(H,23,24). The van der Waals surface area contributed by atoms with Gasteiger partial charge >= 0.3 is 0 Å². The van der Waals surface area contributed by atoms with Gasteiger partial charge in [0, 0.05) is 28.2 Å². The lowest BCUT2D eigenvalue weighted by Crippen LogP contribution is -2.31. The monoisotopic (exact) mass is 420 g/mol. The fraction of sp³-hybridized carbons (Fsp3) is 0.400. The van der Waals surface area contributed by atoms with E-state index in [4.69, 9.17) is 28.2 Å². The summed E-state index contributed by atoms with van der Waals surface area (Å²) in [5.41, 5.74) is 2.97. The number of hydrogen-bond acceptors (Lipinski definition) is 4. The summed E-state index contributed by atoms with van der Waals surface area (Å²) in [5.74, 6) is 0.645. The van der Waals surface area contributed by atoms with E-state index < -0.39 is 0 Å². The van der Waals surface area contributed by atoms with Crippen LogP contribution in [0, 0.1) is 12.8 Å². The highest BCUT2D eigenvalue weighted by molar-refractivity contribution is 7.16. The molecule has 1 aliphatic rings. The number of halogens is 2. The van der Waals surface area contributed by atoms with Gasteiger partial charge in [0.25, 0.3) is 0 Å². The highest BCUT2D eigenvalue weighted by Gasteiger charge is 2.38. The summed E-state index contributed by atoms with van der Waals surface area (Å²) < 4.78 is 0. The Balaban J connectivity index is 1.73. The van der Waals surface area contributed by atoms with Gasteiger partial charge in [0.05, 0.1) is 28.8 Å². The molecule has 0 aliphatic heterocycles. The van der Waals surface area contributed by atoms with Gasteiger partial charge in [-0.1, -0.05) is 30.1 Å². The van der Waals surface area contributed by atoms with Gasteiger partial charge in [0.1, 0.15) is 0 Å². The molecule has 1 unspecified atom stereocenters. The number of thiazole rings is 1. The number of aromatic amines is 1. The van der Waals surface area contributed by atoms with Gasteiger partial charge < -0.3 is 9.88 Å². The van der Waals surface area contributed by atoms with Gasteiger partial charge in [-0.25, -0.2) is 9.97 Å². The highest BCUT2D eigenvalue weighted by Crippen LogP contribution is 2.47. The summed E-state index contributed by atoms with van der Waals surface area (Å²) in [6.45, 7) is 5.26. The van der Waals surface area contributed by atoms with E-state index >= 15 is 0 Å². The van der Waals surface area contributed by atoms with E-state index in [2.05, 4.69) is 28.7 Å². The maximum absolute atomic E-state index is 6.44. The second kappa shape index (κ2) is 7.82. The summed E-state index contributed by atoms with van der Waals surface area (Å²) >= 11 is 14.2. The molecule has 2 aromatic heterocycles. The number of imidazole rings is 1. The van der Waals surface area contributed by atoms with Crippen molar-refractivity contribution in [2.75, 3.05) is 11.4 Å². The Labute approximate surface area is 173 Å². The molecule has 7 heteroatoms. The maximum Gasteiger partial charge on any atom is 0.186 e. The molecule has 1 aromatic carbocycles. The summed E-state index contributed by atoms with van der Waals surface area (Å²) in [6.07, 6.45) is 7.34.